The molecule has 0 saturated heterocycles. The Bertz CT molecular complexity index is 222. The molecule has 0 aliphatic carbocycles. The van der Waals surface area contributed by atoms with Crippen molar-refractivity contribution in [1.29, 1.82) is 0 Å². The van der Waals surface area contributed by atoms with Crippen molar-refractivity contribution in [2.45, 2.75) is 46.2 Å². The first kappa shape index (κ1) is 14.2. The van der Waals surface area contributed by atoms with E-state index in [0.29, 0.717) is 6.54 Å². The molecule has 1 N–H and O–H groups in total. The fraction of sp³-hybridized carbons (Fsp3) is 0.750. The van der Waals surface area contributed by atoms with Gasteiger partial charge in [-0.15, -0.1) is 6.58 Å². The maximum atomic E-state index is 12.2. The van der Waals surface area contributed by atoms with Gasteiger partial charge >= 0.3 is 0 Å². The van der Waals surface area contributed by atoms with Gasteiger partial charge in [-0.05, 0) is 34.2 Å². The van der Waals surface area contributed by atoms with Crippen LogP contribution in [0.4, 0.5) is 0 Å². The van der Waals surface area contributed by atoms with Crippen molar-refractivity contribution in [3.05, 3.63) is 12.7 Å². The highest BCUT2D eigenvalue weighted by Gasteiger charge is 2.31. The maximum Gasteiger partial charge on any atom is 0.242 e. The van der Waals surface area contributed by atoms with E-state index in [1.807, 2.05) is 39.5 Å². The Labute approximate surface area is 93.5 Å². The van der Waals surface area contributed by atoms with E-state index in [2.05, 4.69) is 11.9 Å². The minimum Gasteiger partial charge on any atom is -0.335 e. The van der Waals surface area contributed by atoms with Crippen molar-refractivity contribution in [1.82, 2.24) is 10.2 Å². The molecule has 0 rings (SSSR count). The van der Waals surface area contributed by atoms with Crippen LogP contribution < -0.4 is 5.32 Å². The highest BCUT2D eigenvalue weighted by atomic mass is 16.2. The first-order valence-electron chi connectivity index (χ1n) is 5.53. The van der Waals surface area contributed by atoms with E-state index in [1.54, 1.807) is 6.08 Å². The van der Waals surface area contributed by atoms with Gasteiger partial charge in [0.15, 0.2) is 0 Å². The molecule has 88 valence electrons. The van der Waals surface area contributed by atoms with Crippen molar-refractivity contribution in [3.63, 3.8) is 0 Å². The van der Waals surface area contributed by atoms with Crippen molar-refractivity contribution < 1.29 is 4.79 Å². The molecule has 0 radical (unpaired) electrons. The number of hydrogen-bond acceptors (Lipinski definition) is 2. The fourth-order valence-corrected chi connectivity index (χ4v) is 1.54. The summed E-state index contributed by atoms with van der Waals surface area (Å²) in [4.78, 5) is 14.0. The lowest BCUT2D eigenvalue weighted by atomic mass is 10.0. The van der Waals surface area contributed by atoms with Gasteiger partial charge in [0.2, 0.25) is 5.91 Å². The van der Waals surface area contributed by atoms with E-state index in [-0.39, 0.29) is 11.9 Å². The monoisotopic (exact) mass is 212 g/mol. The zero-order chi connectivity index (χ0) is 12.1. The van der Waals surface area contributed by atoms with Gasteiger partial charge in [0.05, 0.1) is 5.54 Å². The summed E-state index contributed by atoms with van der Waals surface area (Å²) in [6.07, 6.45) is 1.76. The second-order valence-corrected chi connectivity index (χ2v) is 4.50. The highest BCUT2D eigenvalue weighted by Crippen LogP contribution is 2.11. The van der Waals surface area contributed by atoms with Crippen LogP contribution in [-0.2, 0) is 4.79 Å². The van der Waals surface area contributed by atoms with Crippen molar-refractivity contribution in [3.8, 4) is 0 Å². The van der Waals surface area contributed by atoms with Gasteiger partial charge in [-0.1, -0.05) is 13.0 Å². The number of hydrogen-bond donors (Lipinski definition) is 1. The lowest BCUT2D eigenvalue weighted by molar-refractivity contribution is -0.138. The quantitative estimate of drug-likeness (QED) is 0.681. The summed E-state index contributed by atoms with van der Waals surface area (Å²) in [5.41, 5.74) is -0.498. The highest BCUT2D eigenvalue weighted by molar-refractivity contribution is 5.85. The molecule has 0 atom stereocenters. The molecular formula is C12H24N2O. The van der Waals surface area contributed by atoms with Gasteiger partial charge < -0.3 is 10.2 Å². The smallest absolute Gasteiger partial charge is 0.242 e. The molecular weight excluding hydrogens is 188 g/mol. The molecule has 1 amide bonds. The average molecular weight is 212 g/mol. The van der Waals surface area contributed by atoms with Crippen LogP contribution in [0.3, 0.4) is 0 Å². The Hall–Kier alpha value is -0.830. The first-order valence-corrected chi connectivity index (χ1v) is 5.53. The van der Waals surface area contributed by atoms with E-state index < -0.39 is 5.54 Å². The molecule has 0 bridgehead atoms. The number of rotatable bonds is 6. The predicted molar refractivity (Wildman–Crippen MR) is 64.8 cm³/mol. The summed E-state index contributed by atoms with van der Waals surface area (Å²) in [6.45, 7) is 14.9. The van der Waals surface area contributed by atoms with Gasteiger partial charge in [-0.3, -0.25) is 4.79 Å². The van der Waals surface area contributed by atoms with E-state index in [9.17, 15) is 4.79 Å². The third-order valence-electron chi connectivity index (χ3n) is 2.36. The molecule has 3 nitrogen and oxygen atoms in total. The molecule has 0 aromatic heterocycles. The Kier molecular flexibility index (Phi) is 5.58. The molecule has 15 heavy (non-hydrogen) atoms. The largest absolute Gasteiger partial charge is 0.335 e. The molecule has 0 aliphatic heterocycles. The zero-order valence-corrected chi connectivity index (χ0v) is 10.6. The van der Waals surface area contributed by atoms with Crippen LogP contribution in [0, 0.1) is 0 Å². The number of likely N-dealkylation sites (N-methyl/N-ethyl adjacent to an activating group) is 1. The summed E-state index contributed by atoms with van der Waals surface area (Å²) in [7, 11) is 0. The van der Waals surface area contributed by atoms with Crippen molar-refractivity contribution in [2.75, 3.05) is 13.1 Å². The van der Waals surface area contributed by atoms with Crippen LogP contribution in [0.5, 0.6) is 0 Å². The van der Waals surface area contributed by atoms with Gasteiger partial charge in [-0.2, -0.15) is 0 Å². The molecule has 0 heterocycles. The zero-order valence-electron chi connectivity index (χ0n) is 10.6. The van der Waals surface area contributed by atoms with Crippen molar-refractivity contribution in [2.24, 2.45) is 0 Å². The van der Waals surface area contributed by atoms with Crippen LogP contribution in [0.25, 0.3) is 0 Å². The van der Waals surface area contributed by atoms with Gasteiger partial charge in [0.1, 0.15) is 0 Å². The summed E-state index contributed by atoms with van der Waals surface area (Å²) in [6, 6.07) is 0.202. The average Bonchev–Trinajstić information content (AvgIpc) is 2.12. The second-order valence-electron chi connectivity index (χ2n) is 4.50. The van der Waals surface area contributed by atoms with Gasteiger partial charge in [-0.25, -0.2) is 0 Å². The van der Waals surface area contributed by atoms with Gasteiger partial charge in [0.25, 0.3) is 0 Å². The normalized spacial score (nSPS) is 11.6. The van der Waals surface area contributed by atoms with Gasteiger partial charge in [0, 0.05) is 12.6 Å². The van der Waals surface area contributed by atoms with Crippen molar-refractivity contribution >= 4 is 5.91 Å². The van der Waals surface area contributed by atoms with Crippen LogP contribution in [0.2, 0.25) is 0 Å². The Morgan fingerprint density at radius 2 is 2.07 bits per heavy atom. The summed E-state index contributed by atoms with van der Waals surface area (Å²) in [5.74, 6) is 0.124. The van der Waals surface area contributed by atoms with E-state index in [4.69, 9.17) is 0 Å². The molecule has 0 aliphatic rings. The number of carbonyl (C=O) groups excluding carboxylic acids is 1. The SMILES string of the molecule is C=CCN(C(=O)C(C)(C)NCC)C(C)C. The number of nitrogens with one attached hydrogen (secondary N) is 1. The number of carbonyl (C=O) groups is 1. The Balaban J connectivity index is 4.68. The Morgan fingerprint density at radius 3 is 2.40 bits per heavy atom. The maximum absolute atomic E-state index is 12.2. The number of nitrogens with zero attached hydrogens (tertiary/aromatic N) is 1. The molecule has 0 spiro atoms. The fourth-order valence-electron chi connectivity index (χ4n) is 1.54. The van der Waals surface area contributed by atoms with E-state index in [1.165, 1.54) is 0 Å². The van der Waals surface area contributed by atoms with Crippen LogP contribution >= 0.6 is 0 Å². The van der Waals surface area contributed by atoms with Crippen LogP contribution in [-0.4, -0.2) is 35.5 Å². The van der Waals surface area contributed by atoms with Crippen LogP contribution in [0.15, 0.2) is 12.7 Å². The van der Waals surface area contributed by atoms with E-state index >= 15 is 0 Å². The number of amides is 1. The lowest BCUT2D eigenvalue weighted by Crippen LogP contribution is -2.55. The first-order chi connectivity index (χ1) is 6.86. The standard InChI is InChI=1S/C12H24N2O/c1-7-9-14(10(3)4)11(15)12(5,6)13-8-2/h7,10,13H,1,8-9H2,2-6H3. The molecule has 0 saturated carbocycles. The lowest BCUT2D eigenvalue weighted by Gasteiger charge is -2.34. The van der Waals surface area contributed by atoms with Crippen LogP contribution in [0.1, 0.15) is 34.6 Å². The molecule has 0 aromatic rings. The predicted octanol–water partition coefficient (Wildman–Crippen LogP) is 1.80. The minimum atomic E-state index is -0.498. The topological polar surface area (TPSA) is 32.3 Å². The third kappa shape index (κ3) is 4.04. The Morgan fingerprint density at radius 1 is 1.53 bits per heavy atom. The molecule has 0 fully saturated rings. The molecule has 3 heteroatoms. The molecule has 0 aromatic carbocycles. The third-order valence-corrected chi connectivity index (χ3v) is 2.36. The molecule has 0 unspecified atom stereocenters. The summed E-state index contributed by atoms with van der Waals surface area (Å²) in [5, 5.41) is 3.19. The minimum absolute atomic E-state index is 0.124. The summed E-state index contributed by atoms with van der Waals surface area (Å²) < 4.78 is 0. The van der Waals surface area contributed by atoms with E-state index in [0.717, 1.165) is 6.54 Å². The summed E-state index contributed by atoms with van der Waals surface area (Å²) >= 11 is 0. The second kappa shape index (κ2) is 5.91.